The second-order valence-corrected chi connectivity index (χ2v) is 4.11. The van der Waals surface area contributed by atoms with Crippen LogP contribution in [0.5, 0.6) is 0 Å². The maximum atomic E-state index is 11.0. The molecule has 4 heteroatoms. The van der Waals surface area contributed by atoms with Gasteiger partial charge in [0, 0.05) is 12.3 Å². The first-order valence-electron chi connectivity index (χ1n) is 3.79. The monoisotopic (exact) mass is 174 g/mol. The Bertz CT molecular complexity index is 155. The van der Waals surface area contributed by atoms with Crippen LogP contribution in [0.25, 0.3) is 0 Å². The predicted octanol–water partition coefficient (Wildman–Crippen LogP) is -0.0562. The zero-order valence-electron chi connectivity index (χ0n) is 6.51. The first-order chi connectivity index (χ1) is 5.21. The fourth-order valence-corrected chi connectivity index (χ4v) is 2.60. The van der Waals surface area contributed by atoms with Gasteiger partial charge in [-0.05, 0) is 18.6 Å². The number of carbonyl (C=O) groups excluding carboxylic acids is 1. The Kier molecular flexibility index (Phi) is 2.78. The maximum absolute atomic E-state index is 11.0. The lowest BCUT2D eigenvalue weighted by molar-refractivity contribution is -0.126. The van der Waals surface area contributed by atoms with Crippen molar-refractivity contribution in [3.8, 4) is 0 Å². The van der Waals surface area contributed by atoms with E-state index in [1.165, 1.54) is 0 Å². The highest BCUT2D eigenvalue weighted by Crippen LogP contribution is 2.32. The third kappa shape index (κ3) is 1.68. The quantitative estimate of drug-likeness (QED) is 0.616. The van der Waals surface area contributed by atoms with Crippen LogP contribution in [0.3, 0.4) is 0 Å². The van der Waals surface area contributed by atoms with Gasteiger partial charge in [-0.15, -0.1) is 0 Å². The molecule has 1 heterocycles. The van der Waals surface area contributed by atoms with Gasteiger partial charge in [0.1, 0.15) is 0 Å². The molecule has 4 N–H and O–H groups in total. The molecule has 1 amide bonds. The molecule has 11 heavy (non-hydrogen) atoms. The van der Waals surface area contributed by atoms with Crippen molar-refractivity contribution in [2.24, 2.45) is 16.9 Å². The third-order valence-electron chi connectivity index (χ3n) is 2.24. The minimum absolute atomic E-state index is 0.229. The molecule has 3 nitrogen and oxygen atoms in total. The number of hydrogen-bond acceptors (Lipinski definition) is 3. The van der Waals surface area contributed by atoms with Gasteiger partial charge in [-0.2, -0.15) is 11.8 Å². The average molecular weight is 174 g/mol. The molecule has 0 saturated carbocycles. The highest BCUT2D eigenvalue weighted by atomic mass is 32.2. The zero-order chi connectivity index (χ0) is 8.32. The van der Waals surface area contributed by atoms with Crippen LogP contribution in [-0.2, 0) is 4.79 Å². The third-order valence-corrected chi connectivity index (χ3v) is 3.57. The van der Waals surface area contributed by atoms with E-state index in [0.29, 0.717) is 6.54 Å². The number of rotatable bonds is 2. The molecule has 0 bridgehead atoms. The van der Waals surface area contributed by atoms with Crippen LogP contribution in [0.1, 0.15) is 12.8 Å². The van der Waals surface area contributed by atoms with Crippen LogP contribution < -0.4 is 11.5 Å². The number of primary amides is 1. The van der Waals surface area contributed by atoms with Gasteiger partial charge < -0.3 is 11.5 Å². The van der Waals surface area contributed by atoms with Crippen molar-refractivity contribution in [1.82, 2.24) is 0 Å². The van der Waals surface area contributed by atoms with Crippen molar-refractivity contribution in [2.45, 2.75) is 12.8 Å². The summed E-state index contributed by atoms with van der Waals surface area (Å²) in [7, 11) is 0. The minimum Gasteiger partial charge on any atom is -0.369 e. The highest BCUT2D eigenvalue weighted by Gasteiger charge is 2.36. The minimum atomic E-state index is -0.400. The normalized spacial score (nSPS) is 31.7. The molecule has 0 radical (unpaired) electrons. The number of thioether (sulfide) groups is 1. The molecule has 1 fully saturated rings. The number of amides is 1. The van der Waals surface area contributed by atoms with Crippen LogP contribution in [0.2, 0.25) is 0 Å². The Hall–Kier alpha value is -0.220. The Morgan fingerprint density at radius 2 is 2.36 bits per heavy atom. The average Bonchev–Trinajstić information content (AvgIpc) is 2.05. The van der Waals surface area contributed by atoms with E-state index in [9.17, 15) is 4.79 Å². The van der Waals surface area contributed by atoms with Crippen molar-refractivity contribution < 1.29 is 4.79 Å². The van der Waals surface area contributed by atoms with Crippen LogP contribution in [-0.4, -0.2) is 24.0 Å². The van der Waals surface area contributed by atoms with E-state index < -0.39 is 5.41 Å². The molecule has 0 aromatic carbocycles. The van der Waals surface area contributed by atoms with Gasteiger partial charge in [0.15, 0.2) is 0 Å². The summed E-state index contributed by atoms with van der Waals surface area (Å²) in [4.78, 5) is 11.0. The Morgan fingerprint density at radius 1 is 1.64 bits per heavy atom. The summed E-state index contributed by atoms with van der Waals surface area (Å²) in [6, 6.07) is 0. The number of hydrogen-bond donors (Lipinski definition) is 2. The number of nitrogens with two attached hydrogens (primary N) is 2. The van der Waals surface area contributed by atoms with E-state index in [-0.39, 0.29) is 5.91 Å². The number of carbonyl (C=O) groups is 1. The summed E-state index contributed by atoms with van der Waals surface area (Å²) in [6.07, 6.45) is 1.93. The van der Waals surface area contributed by atoms with Crippen molar-refractivity contribution in [2.75, 3.05) is 18.1 Å². The second kappa shape index (κ2) is 3.45. The Labute approximate surface area is 70.9 Å². The van der Waals surface area contributed by atoms with Crippen molar-refractivity contribution in [3.05, 3.63) is 0 Å². The lowest BCUT2D eigenvalue weighted by atomic mass is 9.84. The molecule has 0 aromatic heterocycles. The van der Waals surface area contributed by atoms with Crippen molar-refractivity contribution in [3.63, 3.8) is 0 Å². The lowest BCUT2D eigenvalue weighted by Crippen LogP contribution is -2.46. The summed E-state index contributed by atoms with van der Waals surface area (Å²) in [5, 5.41) is 0. The van der Waals surface area contributed by atoms with Crippen molar-refractivity contribution in [1.29, 1.82) is 0 Å². The summed E-state index contributed by atoms with van der Waals surface area (Å²) in [6.45, 7) is 0.398. The van der Waals surface area contributed by atoms with E-state index in [1.807, 2.05) is 0 Å². The van der Waals surface area contributed by atoms with E-state index in [2.05, 4.69) is 0 Å². The van der Waals surface area contributed by atoms with Crippen molar-refractivity contribution >= 4 is 17.7 Å². The molecule has 1 rings (SSSR count). The first-order valence-corrected chi connectivity index (χ1v) is 4.94. The Balaban J connectivity index is 2.64. The fraction of sp³-hybridized carbons (Fsp3) is 0.857. The molecule has 0 spiro atoms. The van der Waals surface area contributed by atoms with Gasteiger partial charge in [-0.1, -0.05) is 0 Å². The molecule has 0 aliphatic carbocycles. The zero-order valence-corrected chi connectivity index (χ0v) is 7.32. The first kappa shape index (κ1) is 8.87. The smallest absolute Gasteiger partial charge is 0.225 e. The second-order valence-electron chi connectivity index (χ2n) is 3.00. The fourth-order valence-electron chi connectivity index (χ4n) is 1.31. The van der Waals surface area contributed by atoms with Gasteiger partial charge in [0.2, 0.25) is 5.91 Å². The molecular weight excluding hydrogens is 160 g/mol. The maximum Gasteiger partial charge on any atom is 0.225 e. The van der Waals surface area contributed by atoms with Crippen LogP contribution in [0, 0.1) is 5.41 Å². The molecule has 1 aliphatic rings. The van der Waals surface area contributed by atoms with Crippen LogP contribution in [0.15, 0.2) is 0 Å². The SMILES string of the molecule is NCC1(C(N)=O)CCCSC1. The standard InChI is InChI=1S/C7H14N2OS/c8-4-7(6(9)10)2-1-3-11-5-7/h1-5,8H2,(H2,9,10). The van der Waals surface area contributed by atoms with Gasteiger partial charge in [-0.3, -0.25) is 4.79 Å². The van der Waals surface area contributed by atoms with Gasteiger partial charge in [-0.25, -0.2) is 0 Å². The highest BCUT2D eigenvalue weighted by molar-refractivity contribution is 7.99. The summed E-state index contributed by atoms with van der Waals surface area (Å²) in [5.74, 6) is 1.71. The molecule has 1 unspecified atom stereocenters. The summed E-state index contributed by atoms with van der Waals surface area (Å²) >= 11 is 1.77. The molecule has 64 valence electrons. The predicted molar refractivity (Wildman–Crippen MR) is 47.2 cm³/mol. The molecule has 1 saturated heterocycles. The summed E-state index contributed by atoms with van der Waals surface area (Å²) in [5.41, 5.74) is 10.4. The largest absolute Gasteiger partial charge is 0.369 e. The van der Waals surface area contributed by atoms with E-state index in [0.717, 1.165) is 24.3 Å². The molecule has 1 atom stereocenters. The summed E-state index contributed by atoms with van der Waals surface area (Å²) < 4.78 is 0. The van der Waals surface area contributed by atoms with Crippen LogP contribution in [0.4, 0.5) is 0 Å². The molecule has 0 aromatic rings. The van der Waals surface area contributed by atoms with Gasteiger partial charge in [0.05, 0.1) is 5.41 Å². The van der Waals surface area contributed by atoms with Gasteiger partial charge >= 0.3 is 0 Å². The van der Waals surface area contributed by atoms with E-state index >= 15 is 0 Å². The topological polar surface area (TPSA) is 69.1 Å². The van der Waals surface area contributed by atoms with Gasteiger partial charge in [0.25, 0.3) is 0 Å². The van der Waals surface area contributed by atoms with E-state index in [4.69, 9.17) is 11.5 Å². The van der Waals surface area contributed by atoms with Crippen LogP contribution >= 0.6 is 11.8 Å². The lowest BCUT2D eigenvalue weighted by Gasteiger charge is -2.32. The van der Waals surface area contributed by atoms with E-state index in [1.54, 1.807) is 11.8 Å². The molecular formula is C7H14N2OS. The molecule has 1 aliphatic heterocycles. The Morgan fingerprint density at radius 3 is 2.64 bits per heavy atom.